The number of amides is 2. The van der Waals surface area contributed by atoms with Gasteiger partial charge in [0.05, 0.1) is 26.6 Å². The summed E-state index contributed by atoms with van der Waals surface area (Å²) in [6, 6.07) is 19.0. The van der Waals surface area contributed by atoms with Gasteiger partial charge in [0.1, 0.15) is 0 Å². The summed E-state index contributed by atoms with van der Waals surface area (Å²) < 4.78 is 25.5. The van der Waals surface area contributed by atoms with E-state index in [2.05, 4.69) is 0 Å². The molecule has 0 aromatic heterocycles. The molecule has 6 heteroatoms. The summed E-state index contributed by atoms with van der Waals surface area (Å²) in [5.41, 5.74) is 2.00. The topological polar surface area (TPSA) is 71.5 Å². The number of benzene rings is 3. The van der Waals surface area contributed by atoms with Crippen LogP contribution in [0.4, 0.5) is 5.69 Å². The molecule has 5 nitrogen and oxygen atoms in total. The molecule has 0 aliphatic carbocycles. The van der Waals surface area contributed by atoms with Crippen LogP contribution in [0.3, 0.4) is 0 Å². The molecule has 1 aliphatic rings. The predicted octanol–water partition coefficient (Wildman–Crippen LogP) is 3.63. The predicted molar refractivity (Wildman–Crippen MR) is 101 cm³/mol. The average Bonchev–Trinajstić information content (AvgIpc) is 2.93. The molecule has 1 heterocycles. The summed E-state index contributed by atoms with van der Waals surface area (Å²) in [6.45, 7) is 1.88. The first-order valence-corrected chi connectivity index (χ1v) is 9.77. The fourth-order valence-electron chi connectivity index (χ4n) is 3.05. The first-order chi connectivity index (χ1) is 12.9. The Morgan fingerprint density at radius 3 is 1.59 bits per heavy atom. The maximum absolute atomic E-state index is 12.7. The fraction of sp³-hybridized carbons (Fsp3) is 0.0476. The monoisotopic (exact) mass is 377 g/mol. The summed E-state index contributed by atoms with van der Waals surface area (Å²) in [5.74, 6) is -0.825. The summed E-state index contributed by atoms with van der Waals surface area (Å²) in [4.78, 5) is 26.4. The second kappa shape index (κ2) is 6.17. The van der Waals surface area contributed by atoms with E-state index < -0.39 is 21.7 Å². The maximum Gasteiger partial charge on any atom is 0.266 e. The Bertz CT molecular complexity index is 1130. The summed E-state index contributed by atoms with van der Waals surface area (Å²) in [7, 11) is -3.67. The van der Waals surface area contributed by atoms with E-state index in [0.29, 0.717) is 16.8 Å². The number of nitrogens with zero attached hydrogens (tertiary/aromatic N) is 1. The van der Waals surface area contributed by atoms with Crippen LogP contribution in [0.5, 0.6) is 0 Å². The van der Waals surface area contributed by atoms with Crippen LogP contribution in [0.2, 0.25) is 0 Å². The lowest BCUT2D eigenvalue weighted by Gasteiger charge is -2.14. The molecule has 0 N–H and O–H groups in total. The number of aryl methyl sites for hydroxylation is 1. The van der Waals surface area contributed by atoms with E-state index in [0.717, 1.165) is 10.5 Å². The van der Waals surface area contributed by atoms with Gasteiger partial charge in [0, 0.05) is 0 Å². The molecular weight excluding hydrogens is 362 g/mol. The van der Waals surface area contributed by atoms with Gasteiger partial charge in [0.25, 0.3) is 11.8 Å². The highest BCUT2D eigenvalue weighted by atomic mass is 32.2. The number of fused-ring (bicyclic) bond motifs is 1. The normalized spacial score (nSPS) is 13.7. The second-order valence-corrected chi connectivity index (χ2v) is 8.25. The molecule has 0 saturated carbocycles. The summed E-state index contributed by atoms with van der Waals surface area (Å²) in [6.07, 6.45) is 0. The Labute approximate surface area is 156 Å². The van der Waals surface area contributed by atoms with Crippen LogP contribution in [0.15, 0.2) is 82.6 Å². The van der Waals surface area contributed by atoms with Gasteiger partial charge in [-0.15, -0.1) is 0 Å². The van der Waals surface area contributed by atoms with Crippen molar-refractivity contribution in [2.75, 3.05) is 4.90 Å². The SMILES string of the molecule is Cc1ccc(S(=O)(=O)c2ccc(N3C(=O)c4ccccc4C3=O)cc2)cc1. The second-order valence-electron chi connectivity index (χ2n) is 6.30. The number of carbonyl (C=O) groups excluding carboxylic acids is 2. The molecule has 0 spiro atoms. The molecule has 4 rings (SSSR count). The van der Waals surface area contributed by atoms with Gasteiger partial charge in [-0.2, -0.15) is 0 Å². The van der Waals surface area contributed by atoms with Crippen molar-refractivity contribution in [3.05, 3.63) is 89.5 Å². The fourth-order valence-corrected chi connectivity index (χ4v) is 4.31. The minimum absolute atomic E-state index is 0.103. The zero-order valence-electron chi connectivity index (χ0n) is 14.4. The number of imide groups is 1. The molecule has 134 valence electrons. The zero-order valence-corrected chi connectivity index (χ0v) is 15.2. The Balaban J connectivity index is 1.68. The van der Waals surface area contributed by atoms with E-state index in [-0.39, 0.29) is 9.79 Å². The molecule has 27 heavy (non-hydrogen) atoms. The van der Waals surface area contributed by atoms with E-state index in [4.69, 9.17) is 0 Å². The van der Waals surface area contributed by atoms with Gasteiger partial charge in [-0.3, -0.25) is 9.59 Å². The van der Waals surface area contributed by atoms with E-state index >= 15 is 0 Å². The summed E-state index contributed by atoms with van der Waals surface area (Å²) in [5, 5.41) is 0. The number of anilines is 1. The molecular formula is C21H15NO4S. The van der Waals surface area contributed by atoms with Crippen LogP contribution in [0.1, 0.15) is 26.3 Å². The van der Waals surface area contributed by atoms with Crippen molar-refractivity contribution < 1.29 is 18.0 Å². The quantitative estimate of drug-likeness (QED) is 0.654. The lowest BCUT2D eigenvalue weighted by Crippen LogP contribution is -2.29. The Morgan fingerprint density at radius 1 is 0.667 bits per heavy atom. The van der Waals surface area contributed by atoms with Gasteiger partial charge in [0.15, 0.2) is 0 Å². The molecule has 0 unspecified atom stereocenters. The first-order valence-electron chi connectivity index (χ1n) is 8.29. The van der Waals surface area contributed by atoms with Gasteiger partial charge in [-0.25, -0.2) is 13.3 Å². The van der Waals surface area contributed by atoms with Crippen molar-refractivity contribution >= 4 is 27.3 Å². The average molecular weight is 377 g/mol. The van der Waals surface area contributed by atoms with Crippen molar-refractivity contribution in [3.8, 4) is 0 Å². The third kappa shape index (κ3) is 2.74. The van der Waals surface area contributed by atoms with E-state index in [1.807, 2.05) is 6.92 Å². The van der Waals surface area contributed by atoms with E-state index in [9.17, 15) is 18.0 Å². The molecule has 0 radical (unpaired) electrons. The third-order valence-electron chi connectivity index (χ3n) is 4.53. The number of sulfone groups is 1. The van der Waals surface area contributed by atoms with Gasteiger partial charge in [0.2, 0.25) is 9.84 Å². The van der Waals surface area contributed by atoms with Crippen LogP contribution >= 0.6 is 0 Å². The van der Waals surface area contributed by atoms with Crippen molar-refractivity contribution in [2.45, 2.75) is 16.7 Å². The Kier molecular flexibility index (Phi) is 3.93. The molecule has 3 aromatic rings. The van der Waals surface area contributed by atoms with Crippen molar-refractivity contribution in [1.29, 1.82) is 0 Å². The largest absolute Gasteiger partial charge is 0.268 e. The standard InChI is InChI=1S/C21H15NO4S/c1-14-6-10-16(11-7-14)27(25,26)17-12-8-15(9-13-17)22-20(23)18-4-2-3-5-19(18)21(22)24/h2-13H,1H3. The van der Waals surface area contributed by atoms with Crippen molar-refractivity contribution in [3.63, 3.8) is 0 Å². The lowest BCUT2D eigenvalue weighted by molar-refractivity contribution is 0.0926. The Morgan fingerprint density at radius 2 is 1.11 bits per heavy atom. The van der Waals surface area contributed by atoms with Crippen LogP contribution in [0.25, 0.3) is 0 Å². The molecule has 1 aliphatic heterocycles. The van der Waals surface area contributed by atoms with E-state index in [1.165, 1.54) is 24.3 Å². The van der Waals surface area contributed by atoms with Crippen LogP contribution in [-0.4, -0.2) is 20.2 Å². The van der Waals surface area contributed by atoms with Gasteiger partial charge < -0.3 is 0 Å². The molecule has 3 aromatic carbocycles. The van der Waals surface area contributed by atoms with Crippen LogP contribution in [0, 0.1) is 6.92 Å². The summed E-state index contributed by atoms with van der Waals surface area (Å²) >= 11 is 0. The third-order valence-corrected chi connectivity index (χ3v) is 6.32. The molecule has 2 amide bonds. The van der Waals surface area contributed by atoms with Gasteiger partial charge in [-0.05, 0) is 55.5 Å². The highest BCUT2D eigenvalue weighted by Gasteiger charge is 2.36. The number of hydrogen-bond donors (Lipinski definition) is 0. The highest BCUT2D eigenvalue weighted by Crippen LogP contribution is 2.30. The van der Waals surface area contributed by atoms with Crippen molar-refractivity contribution in [1.82, 2.24) is 0 Å². The number of rotatable bonds is 3. The van der Waals surface area contributed by atoms with Gasteiger partial charge in [-0.1, -0.05) is 29.8 Å². The minimum atomic E-state index is -3.67. The smallest absolute Gasteiger partial charge is 0.266 e. The van der Waals surface area contributed by atoms with Gasteiger partial charge >= 0.3 is 0 Å². The molecule has 0 saturated heterocycles. The van der Waals surface area contributed by atoms with E-state index in [1.54, 1.807) is 48.5 Å². The zero-order chi connectivity index (χ0) is 19.2. The highest BCUT2D eigenvalue weighted by molar-refractivity contribution is 7.91. The molecule has 0 fully saturated rings. The first kappa shape index (κ1) is 17.2. The molecule has 0 bridgehead atoms. The number of hydrogen-bond acceptors (Lipinski definition) is 4. The lowest BCUT2D eigenvalue weighted by atomic mass is 10.1. The molecule has 0 atom stereocenters. The number of carbonyl (C=O) groups is 2. The Hall–Kier alpha value is -3.25. The van der Waals surface area contributed by atoms with Crippen molar-refractivity contribution in [2.24, 2.45) is 0 Å². The van der Waals surface area contributed by atoms with Crippen LogP contribution < -0.4 is 4.90 Å². The minimum Gasteiger partial charge on any atom is -0.268 e. The van der Waals surface area contributed by atoms with Crippen LogP contribution in [-0.2, 0) is 9.84 Å². The maximum atomic E-state index is 12.7.